The van der Waals surface area contributed by atoms with E-state index in [0.29, 0.717) is 0 Å². The van der Waals surface area contributed by atoms with Gasteiger partial charge in [-0.1, -0.05) is 43.2 Å². The van der Waals surface area contributed by atoms with Crippen molar-refractivity contribution in [1.29, 1.82) is 0 Å². The number of hydrogen-bond donors (Lipinski definition) is 2. The van der Waals surface area contributed by atoms with E-state index in [0.717, 1.165) is 31.2 Å². The van der Waals surface area contributed by atoms with Crippen LogP contribution >= 0.6 is 0 Å². The lowest BCUT2D eigenvalue weighted by atomic mass is 9.84. The van der Waals surface area contributed by atoms with Crippen LogP contribution in [-0.4, -0.2) is 22.7 Å². The highest BCUT2D eigenvalue weighted by molar-refractivity contribution is 5.84. The highest BCUT2D eigenvalue weighted by atomic mass is 16.5. The molecule has 1 amide bonds. The second-order valence-electron chi connectivity index (χ2n) is 5.68. The Hall–Kier alpha value is -2.04. The number of ether oxygens (including phenoxy) is 1. The fraction of sp³-hybridized carbons (Fsp3) is 0.500. The Morgan fingerprint density at radius 1 is 1.29 bits per heavy atom. The molecule has 0 radical (unpaired) electrons. The van der Waals surface area contributed by atoms with Crippen LogP contribution in [0.4, 0.5) is 4.79 Å². The summed E-state index contributed by atoms with van der Waals surface area (Å²) in [6, 6.07) is 9.29. The number of carbonyl (C=O) groups is 2. The maximum atomic E-state index is 11.9. The van der Waals surface area contributed by atoms with E-state index in [4.69, 9.17) is 4.74 Å². The van der Waals surface area contributed by atoms with Gasteiger partial charge >= 0.3 is 12.1 Å². The molecule has 1 unspecified atom stereocenters. The SMILES string of the molecule is CC(NC(=O)OCc1ccccc1)(C(=O)O)C1CCCC1. The number of aliphatic carboxylic acids is 1. The van der Waals surface area contributed by atoms with E-state index in [-0.39, 0.29) is 12.5 Å². The molecule has 1 aliphatic carbocycles. The summed E-state index contributed by atoms with van der Waals surface area (Å²) in [6.45, 7) is 1.70. The van der Waals surface area contributed by atoms with Crippen LogP contribution in [0.1, 0.15) is 38.2 Å². The average molecular weight is 291 g/mol. The van der Waals surface area contributed by atoms with E-state index in [1.165, 1.54) is 0 Å². The zero-order valence-corrected chi connectivity index (χ0v) is 12.2. The topological polar surface area (TPSA) is 75.6 Å². The summed E-state index contributed by atoms with van der Waals surface area (Å²) in [5.41, 5.74) is -0.393. The third kappa shape index (κ3) is 3.74. The third-order valence-corrected chi connectivity index (χ3v) is 4.19. The molecule has 0 saturated heterocycles. The van der Waals surface area contributed by atoms with Gasteiger partial charge in [0.05, 0.1) is 0 Å². The molecule has 0 aliphatic heterocycles. The van der Waals surface area contributed by atoms with E-state index in [1.807, 2.05) is 30.3 Å². The lowest BCUT2D eigenvalue weighted by Crippen LogP contribution is -2.56. The van der Waals surface area contributed by atoms with Crippen LogP contribution in [0.3, 0.4) is 0 Å². The number of hydrogen-bond acceptors (Lipinski definition) is 3. The monoisotopic (exact) mass is 291 g/mol. The van der Waals surface area contributed by atoms with Gasteiger partial charge in [0.1, 0.15) is 12.1 Å². The third-order valence-electron chi connectivity index (χ3n) is 4.19. The molecule has 5 nitrogen and oxygen atoms in total. The van der Waals surface area contributed by atoms with Gasteiger partial charge in [0.15, 0.2) is 0 Å². The Morgan fingerprint density at radius 2 is 1.90 bits per heavy atom. The number of carboxylic acid groups (broad SMARTS) is 1. The van der Waals surface area contributed by atoms with Gasteiger partial charge in [0.25, 0.3) is 0 Å². The van der Waals surface area contributed by atoms with Crippen molar-refractivity contribution in [1.82, 2.24) is 5.32 Å². The van der Waals surface area contributed by atoms with E-state index in [1.54, 1.807) is 6.92 Å². The maximum absolute atomic E-state index is 11.9. The van der Waals surface area contributed by atoms with Gasteiger partial charge in [0, 0.05) is 0 Å². The Labute approximate surface area is 124 Å². The minimum absolute atomic E-state index is 0.0423. The molecule has 1 fully saturated rings. The number of carbonyl (C=O) groups excluding carboxylic acids is 1. The molecule has 1 aromatic carbocycles. The van der Waals surface area contributed by atoms with Crippen LogP contribution in [0.15, 0.2) is 30.3 Å². The lowest BCUT2D eigenvalue weighted by Gasteiger charge is -2.31. The fourth-order valence-corrected chi connectivity index (χ4v) is 2.80. The van der Waals surface area contributed by atoms with Gasteiger partial charge in [-0.25, -0.2) is 9.59 Å². The zero-order valence-electron chi connectivity index (χ0n) is 12.2. The number of rotatable bonds is 5. The smallest absolute Gasteiger partial charge is 0.408 e. The first kappa shape index (κ1) is 15.4. The van der Waals surface area contributed by atoms with E-state index in [9.17, 15) is 14.7 Å². The van der Waals surface area contributed by atoms with Crippen LogP contribution in [-0.2, 0) is 16.1 Å². The molecule has 0 spiro atoms. The molecule has 0 heterocycles. The second kappa shape index (κ2) is 6.61. The molecule has 21 heavy (non-hydrogen) atoms. The first-order chi connectivity index (χ1) is 10.0. The van der Waals surface area contributed by atoms with Crippen molar-refractivity contribution in [3.63, 3.8) is 0 Å². The zero-order chi connectivity index (χ0) is 15.3. The fourth-order valence-electron chi connectivity index (χ4n) is 2.80. The molecule has 2 rings (SSSR count). The highest BCUT2D eigenvalue weighted by Crippen LogP contribution is 2.34. The number of amides is 1. The van der Waals surface area contributed by atoms with Gasteiger partial charge < -0.3 is 15.2 Å². The van der Waals surface area contributed by atoms with Crippen molar-refractivity contribution in [2.75, 3.05) is 0 Å². The van der Waals surface area contributed by atoms with Crippen LogP contribution in [0.25, 0.3) is 0 Å². The van der Waals surface area contributed by atoms with Crippen molar-refractivity contribution in [2.45, 2.75) is 44.8 Å². The van der Waals surface area contributed by atoms with E-state index < -0.39 is 17.6 Å². The molecule has 1 saturated carbocycles. The first-order valence-corrected chi connectivity index (χ1v) is 7.24. The van der Waals surface area contributed by atoms with Crippen LogP contribution in [0, 0.1) is 5.92 Å². The van der Waals surface area contributed by atoms with Gasteiger partial charge in [0.2, 0.25) is 0 Å². The number of nitrogens with one attached hydrogen (secondary N) is 1. The quantitative estimate of drug-likeness (QED) is 0.874. The Bertz CT molecular complexity index is 496. The molecule has 1 aromatic rings. The molecule has 0 bridgehead atoms. The largest absolute Gasteiger partial charge is 0.480 e. The predicted molar refractivity (Wildman–Crippen MR) is 77.8 cm³/mol. The minimum Gasteiger partial charge on any atom is -0.480 e. The van der Waals surface area contributed by atoms with E-state index in [2.05, 4.69) is 5.32 Å². The minimum atomic E-state index is -1.26. The molecule has 1 aliphatic rings. The van der Waals surface area contributed by atoms with Crippen molar-refractivity contribution in [3.8, 4) is 0 Å². The highest BCUT2D eigenvalue weighted by Gasteiger charge is 2.44. The number of benzene rings is 1. The standard InChI is InChI=1S/C16H21NO4/c1-16(14(18)19,13-9-5-6-10-13)17-15(20)21-11-12-7-3-2-4-8-12/h2-4,7-8,13H,5-6,9-11H2,1H3,(H,17,20)(H,18,19). The molecule has 5 heteroatoms. The Kier molecular flexibility index (Phi) is 4.83. The van der Waals surface area contributed by atoms with Crippen molar-refractivity contribution < 1.29 is 19.4 Å². The van der Waals surface area contributed by atoms with Gasteiger partial charge in [-0.2, -0.15) is 0 Å². The summed E-state index contributed by atoms with van der Waals surface area (Å²) in [4.78, 5) is 23.4. The molecule has 1 atom stereocenters. The molecule has 0 aromatic heterocycles. The second-order valence-corrected chi connectivity index (χ2v) is 5.68. The van der Waals surface area contributed by atoms with Crippen LogP contribution < -0.4 is 5.32 Å². The first-order valence-electron chi connectivity index (χ1n) is 7.24. The Morgan fingerprint density at radius 3 is 2.48 bits per heavy atom. The van der Waals surface area contributed by atoms with Crippen molar-refractivity contribution >= 4 is 12.1 Å². The van der Waals surface area contributed by atoms with Gasteiger partial charge in [-0.15, -0.1) is 0 Å². The van der Waals surface area contributed by atoms with Crippen molar-refractivity contribution in [2.24, 2.45) is 5.92 Å². The predicted octanol–water partition coefficient (Wildman–Crippen LogP) is 2.95. The normalized spacial score (nSPS) is 18.0. The van der Waals surface area contributed by atoms with Gasteiger partial charge in [-0.3, -0.25) is 0 Å². The van der Waals surface area contributed by atoms with Gasteiger partial charge in [-0.05, 0) is 31.2 Å². The van der Waals surface area contributed by atoms with Crippen molar-refractivity contribution in [3.05, 3.63) is 35.9 Å². The molecule has 114 valence electrons. The lowest BCUT2D eigenvalue weighted by molar-refractivity contribution is -0.146. The molecule has 2 N–H and O–H groups in total. The Balaban J connectivity index is 1.94. The van der Waals surface area contributed by atoms with E-state index >= 15 is 0 Å². The summed E-state index contributed by atoms with van der Waals surface area (Å²) in [6.07, 6.45) is 2.97. The van der Waals surface area contributed by atoms with Crippen LogP contribution in [0.5, 0.6) is 0 Å². The summed E-state index contributed by atoms with van der Waals surface area (Å²) < 4.78 is 5.12. The molecular formula is C16H21NO4. The number of carboxylic acids is 1. The molecular weight excluding hydrogens is 270 g/mol. The maximum Gasteiger partial charge on any atom is 0.408 e. The average Bonchev–Trinajstić information content (AvgIpc) is 3.00. The number of alkyl carbamates (subject to hydrolysis) is 1. The summed E-state index contributed by atoms with van der Waals surface area (Å²) >= 11 is 0. The summed E-state index contributed by atoms with van der Waals surface area (Å²) in [7, 11) is 0. The van der Waals surface area contributed by atoms with Crippen LogP contribution in [0.2, 0.25) is 0 Å². The summed E-state index contributed by atoms with van der Waals surface area (Å²) in [5, 5.41) is 12.0. The summed E-state index contributed by atoms with van der Waals surface area (Å²) in [5.74, 6) is -1.05.